The molecule has 0 aliphatic rings. The minimum absolute atomic E-state index is 0.111. The number of benzene rings is 1. The van der Waals surface area contributed by atoms with Gasteiger partial charge in [0, 0.05) is 18.7 Å². The standard InChI is InChI=1S/C11H13ClN2O3/c12-9-6-7(3-4-8(9)11(13)17)14-5-1-2-10(15)16/h3-4,6,14H,1-2,5H2,(H2,13,17)(H,15,16). The van der Waals surface area contributed by atoms with Gasteiger partial charge in [-0.3, -0.25) is 9.59 Å². The van der Waals surface area contributed by atoms with Gasteiger partial charge in [0.25, 0.3) is 0 Å². The van der Waals surface area contributed by atoms with Gasteiger partial charge in [-0.2, -0.15) is 0 Å². The van der Waals surface area contributed by atoms with Crippen LogP contribution in [0.5, 0.6) is 0 Å². The first-order valence-electron chi connectivity index (χ1n) is 5.05. The van der Waals surface area contributed by atoms with E-state index in [1.165, 1.54) is 6.07 Å². The maximum atomic E-state index is 10.9. The van der Waals surface area contributed by atoms with E-state index in [1.807, 2.05) is 0 Å². The van der Waals surface area contributed by atoms with Crippen molar-refractivity contribution in [1.82, 2.24) is 0 Å². The van der Waals surface area contributed by atoms with Gasteiger partial charge in [0.15, 0.2) is 0 Å². The van der Waals surface area contributed by atoms with Crippen LogP contribution in [0, 0.1) is 0 Å². The highest BCUT2D eigenvalue weighted by Crippen LogP contribution is 2.20. The second-order valence-corrected chi connectivity index (χ2v) is 3.89. The number of nitrogens with one attached hydrogen (secondary N) is 1. The van der Waals surface area contributed by atoms with Gasteiger partial charge in [-0.25, -0.2) is 0 Å². The van der Waals surface area contributed by atoms with Crippen LogP contribution in [0.15, 0.2) is 18.2 Å². The van der Waals surface area contributed by atoms with Crippen molar-refractivity contribution in [3.8, 4) is 0 Å². The van der Waals surface area contributed by atoms with Crippen molar-refractivity contribution in [3.05, 3.63) is 28.8 Å². The Bertz CT molecular complexity index is 435. The summed E-state index contributed by atoms with van der Waals surface area (Å²) in [7, 11) is 0. The highest BCUT2D eigenvalue weighted by molar-refractivity contribution is 6.34. The normalized spacial score (nSPS) is 9.94. The van der Waals surface area contributed by atoms with Crippen LogP contribution in [0.4, 0.5) is 5.69 Å². The molecular weight excluding hydrogens is 244 g/mol. The summed E-state index contributed by atoms with van der Waals surface area (Å²) in [6.07, 6.45) is 0.630. The SMILES string of the molecule is NC(=O)c1ccc(NCCCC(=O)O)cc1Cl. The minimum atomic E-state index is -0.825. The van der Waals surface area contributed by atoms with E-state index in [9.17, 15) is 9.59 Å². The van der Waals surface area contributed by atoms with Crippen molar-refractivity contribution in [2.75, 3.05) is 11.9 Å². The molecule has 0 unspecified atom stereocenters. The summed E-state index contributed by atoms with van der Waals surface area (Å²) in [5.74, 6) is -1.40. The highest BCUT2D eigenvalue weighted by Gasteiger charge is 2.06. The second-order valence-electron chi connectivity index (χ2n) is 3.48. The van der Waals surface area contributed by atoms with Crippen LogP contribution in [0.1, 0.15) is 23.2 Å². The molecule has 0 spiro atoms. The number of halogens is 1. The molecule has 1 amide bonds. The van der Waals surface area contributed by atoms with E-state index in [1.54, 1.807) is 12.1 Å². The van der Waals surface area contributed by atoms with Crippen LogP contribution in [-0.4, -0.2) is 23.5 Å². The largest absolute Gasteiger partial charge is 0.481 e. The van der Waals surface area contributed by atoms with E-state index in [0.717, 1.165) is 5.69 Å². The molecule has 6 heteroatoms. The van der Waals surface area contributed by atoms with Crippen molar-refractivity contribution in [1.29, 1.82) is 0 Å². The maximum absolute atomic E-state index is 10.9. The Morgan fingerprint density at radius 3 is 2.65 bits per heavy atom. The maximum Gasteiger partial charge on any atom is 0.303 e. The Kier molecular flexibility index (Phi) is 4.78. The van der Waals surface area contributed by atoms with Gasteiger partial charge in [0.2, 0.25) is 5.91 Å². The number of anilines is 1. The topological polar surface area (TPSA) is 92.4 Å². The van der Waals surface area contributed by atoms with Crippen molar-refractivity contribution in [2.45, 2.75) is 12.8 Å². The lowest BCUT2D eigenvalue weighted by Gasteiger charge is -2.07. The number of carbonyl (C=O) groups is 2. The number of aliphatic carboxylic acids is 1. The summed E-state index contributed by atoms with van der Waals surface area (Å²) in [4.78, 5) is 21.2. The molecule has 17 heavy (non-hydrogen) atoms. The number of carbonyl (C=O) groups excluding carboxylic acids is 1. The Balaban J connectivity index is 2.53. The van der Waals surface area contributed by atoms with Crippen LogP contribution in [0.2, 0.25) is 5.02 Å². The van der Waals surface area contributed by atoms with Crippen molar-refractivity contribution in [2.24, 2.45) is 5.73 Å². The van der Waals surface area contributed by atoms with E-state index in [2.05, 4.69) is 5.32 Å². The van der Waals surface area contributed by atoms with Crippen LogP contribution in [0.25, 0.3) is 0 Å². The second kappa shape index (κ2) is 6.10. The van der Waals surface area contributed by atoms with Crippen LogP contribution in [0.3, 0.4) is 0 Å². The number of hydrogen-bond acceptors (Lipinski definition) is 3. The molecule has 0 bridgehead atoms. The quantitative estimate of drug-likeness (QED) is 0.676. The molecule has 5 nitrogen and oxygen atoms in total. The highest BCUT2D eigenvalue weighted by atomic mass is 35.5. The molecule has 0 saturated carbocycles. The molecule has 1 rings (SSSR count). The van der Waals surface area contributed by atoms with Gasteiger partial charge in [-0.1, -0.05) is 11.6 Å². The Morgan fingerprint density at radius 2 is 2.12 bits per heavy atom. The summed E-state index contributed by atoms with van der Waals surface area (Å²) in [6, 6.07) is 4.79. The molecule has 0 aliphatic carbocycles. The lowest BCUT2D eigenvalue weighted by Crippen LogP contribution is -2.12. The third kappa shape index (κ3) is 4.32. The fraction of sp³-hybridized carbons (Fsp3) is 0.273. The van der Waals surface area contributed by atoms with Gasteiger partial charge in [-0.05, 0) is 24.6 Å². The van der Waals surface area contributed by atoms with Gasteiger partial charge >= 0.3 is 5.97 Å². The number of rotatable bonds is 6. The number of primary amides is 1. The molecule has 0 atom stereocenters. The fourth-order valence-electron chi connectivity index (χ4n) is 1.30. The monoisotopic (exact) mass is 256 g/mol. The molecule has 1 aromatic rings. The number of carboxylic acid groups (broad SMARTS) is 1. The fourth-order valence-corrected chi connectivity index (χ4v) is 1.57. The van der Waals surface area contributed by atoms with E-state index >= 15 is 0 Å². The van der Waals surface area contributed by atoms with E-state index < -0.39 is 11.9 Å². The molecule has 1 aromatic carbocycles. The Hall–Kier alpha value is -1.75. The van der Waals surface area contributed by atoms with Gasteiger partial charge in [0.05, 0.1) is 10.6 Å². The van der Waals surface area contributed by atoms with E-state index in [0.29, 0.717) is 13.0 Å². The number of carboxylic acids is 1. The third-order valence-electron chi connectivity index (χ3n) is 2.13. The summed E-state index contributed by atoms with van der Waals surface area (Å²) in [6.45, 7) is 0.526. The summed E-state index contributed by atoms with van der Waals surface area (Å²) in [5.41, 5.74) is 6.10. The van der Waals surface area contributed by atoms with E-state index in [4.69, 9.17) is 22.4 Å². The smallest absolute Gasteiger partial charge is 0.303 e. The minimum Gasteiger partial charge on any atom is -0.481 e. The van der Waals surface area contributed by atoms with Crippen molar-refractivity contribution >= 4 is 29.2 Å². The molecular formula is C11H13ClN2O3. The Morgan fingerprint density at radius 1 is 1.41 bits per heavy atom. The molecule has 0 aromatic heterocycles. The average molecular weight is 257 g/mol. The number of nitrogens with two attached hydrogens (primary N) is 1. The summed E-state index contributed by atoms with van der Waals surface area (Å²) in [5, 5.41) is 11.7. The van der Waals surface area contributed by atoms with Crippen LogP contribution < -0.4 is 11.1 Å². The molecule has 0 saturated heterocycles. The van der Waals surface area contributed by atoms with Gasteiger partial charge < -0.3 is 16.2 Å². The zero-order chi connectivity index (χ0) is 12.8. The summed E-state index contributed by atoms with van der Waals surface area (Å²) >= 11 is 5.85. The zero-order valence-electron chi connectivity index (χ0n) is 9.07. The lowest BCUT2D eigenvalue weighted by molar-refractivity contribution is -0.137. The number of amides is 1. The molecule has 0 radical (unpaired) electrons. The van der Waals surface area contributed by atoms with Crippen molar-refractivity contribution in [3.63, 3.8) is 0 Å². The lowest BCUT2D eigenvalue weighted by atomic mass is 10.2. The predicted octanol–water partition coefficient (Wildman–Crippen LogP) is 1.72. The molecule has 4 N–H and O–H groups in total. The third-order valence-corrected chi connectivity index (χ3v) is 2.44. The van der Waals surface area contributed by atoms with Gasteiger partial charge in [0.1, 0.15) is 0 Å². The summed E-state index contributed by atoms with van der Waals surface area (Å²) < 4.78 is 0. The van der Waals surface area contributed by atoms with Crippen molar-refractivity contribution < 1.29 is 14.7 Å². The first-order valence-corrected chi connectivity index (χ1v) is 5.43. The van der Waals surface area contributed by atoms with E-state index in [-0.39, 0.29) is 17.0 Å². The van der Waals surface area contributed by atoms with Crippen LogP contribution in [-0.2, 0) is 4.79 Å². The molecule has 0 aliphatic heterocycles. The molecule has 0 fully saturated rings. The molecule has 0 heterocycles. The first-order chi connectivity index (χ1) is 8.00. The number of hydrogen-bond donors (Lipinski definition) is 3. The first kappa shape index (κ1) is 13.3. The predicted molar refractivity (Wildman–Crippen MR) is 65.3 cm³/mol. The molecule has 92 valence electrons. The zero-order valence-corrected chi connectivity index (χ0v) is 9.83. The van der Waals surface area contributed by atoms with Gasteiger partial charge in [-0.15, -0.1) is 0 Å². The Labute approximate surface area is 104 Å². The average Bonchev–Trinajstić information content (AvgIpc) is 2.23. The van der Waals surface area contributed by atoms with Crippen LogP contribution >= 0.6 is 11.6 Å².